The van der Waals surface area contributed by atoms with Crippen molar-refractivity contribution < 1.29 is 77.2 Å². The topological polar surface area (TPSA) is 195 Å². The summed E-state index contributed by atoms with van der Waals surface area (Å²) in [5.74, 6) is 0. The monoisotopic (exact) mass is 2500 g/mol. The number of rotatable bonds is 12. The molecule has 5 aromatic carbocycles. The molecule has 0 spiro atoms. The number of hydrogen-bond acceptors (Lipinski definition) is 16. The predicted octanol–water partition coefficient (Wildman–Crippen LogP) is 29.4. The van der Waals surface area contributed by atoms with Crippen LogP contribution in [0, 0.1) is 51.0 Å². The Balaban J connectivity index is 0. The molecule has 0 saturated heterocycles. The smallest absolute Gasteiger partial charge is 0.0886 e. The molecule has 31 heteroatoms. The summed E-state index contributed by atoms with van der Waals surface area (Å²) >= 11 is -8.07. The van der Waals surface area contributed by atoms with Gasteiger partial charge in [-0.3, -0.25) is 69.4 Å². The fraction of sp³-hybridized carbons (Fsp3) is 0.0556. The minimum Gasteiger partial charge on any atom is -0.265 e. The summed E-state index contributed by atoms with van der Waals surface area (Å²) in [7, 11) is 64.7. The molecule has 17 rings (SSSR count). The second-order valence-corrected chi connectivity index (χ2v) is 54.6. The third kappa shape index (κ3) is 70.5. The van der Waals surface area contributed by atoms with Crippen molar-refractivity contribution in [2.24, 2.45) is 0 Å². The van der Waals surface area contributed by atoms with Gasteiger partial charge in [0.25, 0.3) is 0 Å². The zero-order chi connectivity index (χ0) is 96.9. The predicted molar refractivity (Wildman–Crippen MR) is 585 cm³/mol. The van der Waals surface area contributed by atoms with Crippen LogP contribution in [-0.2, 0) is 67.6 Å². The molecule has 0 bridgehead atoms. The number of carbonyl (C=O) groups is 2. The number of pyridine rings is 12. The second kappa shape index (κ2) is 87.2. The number of carbonyl (C=O) groups excluding carboxylic acids is 2. The van der Waals surface area contributed by atoms with Crippen LogP contribution in [0.2, 0.25) is 0 Å². The van der Waals surface area contributed by atoms with Crippen molar-refractivity contribution in [2.45, 2.75) is 13.8 Å². The van der Waals surface area contributed by atoms with Crippen LogP contribution in [-0.4, -0.2) is 124 Å². The minimum absolute atomic E-state index is 0. The molecule has 0 unspecified atom stereocenters. The maximum atomic E-state index is 9.94. The number of anilines is 2. The zero-order valence-corrected chi connectivity index (χ0v) is 94.6. The number of benzene rings is 5. The Morgan fingerprint density at radius 2 is 0.381 bits per heavy atom. The van der Waals surface area contributed by atoms with Gasteiger partial charge in [-0.1, -0.05) is 24.3 Å². The van der Waals surface area contributed by atoms with Gasteiger partial charge in [0.2, 0.25) is 0 Å². The summed E-state index contributed by atoms with van der Waals surface area (Å²) in [4.78, 5) is 71.1. The van der Waals surface area contributed by atoms with Crippen LogP contribution in [0.5, 0.6) is 0 Å². The molecular formula is C108H113Cl10N14O2Ru5-5. The van der Waals surface area contributed by atoms with Crippen molar-refractivity contribution in [3.8, 4) is 33.6 Å². The van der Waals surface area contributed by atoms with Gasteiger partial charge in [0.1, 0.15) is 11.4 Å². The third-order valence-corrected chi connectivity index (χ3v) is 25.0. The summed E-state index contributed by atoms with van der Waals surface area (Å²) in [6.07, 6.45) is 36.8. The fourth-order valence-electron chi connectivity index (χ4n) is 9.29. The van der Waals surface area contributed by atoms with Crippen molar-refractivity contribution >= 4 is 144 Å². The van der Waals surface area contributed by atoms with Gasteiger partial charge in [-0.25, -0.2) is 0 Å². The van der Waals surface area contributed by atoms with E-state index in [9.17, 15) is 9.59 Å². The Morgan fingerprint density at radius 3 is 0.511 bits per heavy atom. The van der Waals surface area contributed by atoms with Crippen LogP contribution < -0.4 is 9.80 Å². The molecule has 0 N–H and O–H groups in total. The summed E-state index contributed by atoms with van der Waals surface area (Å²) in [6, 6.07) is 103. The van der Waals surface area contributed by atoms with E-state index in [2.05, 4.69) is 59.8 Å². The Bertz CT molecular complexity index is 5220. The molecule has 0 aliphatic rings. The van der Waals surface area contributed by atoms with Crippen LogP contribution in [0.1, 0.15) is 59.9 Å². The van der Waals surface area contributed by atoms with Crippen LogP contribution in [0.3, 0.4) is 0 Å². The van der Waals surface area contributed by atoms with E-state index in [1.165, 1.54) is 44.8 Å². The van der Waals surface area contributed by atoms with E-state index in [0.717, 1.165) is 51.8 Å². The molecule has 0 fully saturated rings. The second-order valence-electron chi connectivity index (χ2n) is 26.0. The Kier molecular flexibility index (Phi) is 82.4. The van der Waals surface area contributed by atoms with E-state index >= 15 is 0 Å². The fourth-order valence-corrected chi connectivity index (χ4v) is 18.4. The normalized spacial score (nSPS) is 9.42. The van der Waals surface area contributed by atoms with E-state index in [-0.39, 0.29) is 37.1 Å². The van der Waals surface area contributed by atoms with E-state index in [4.69, 9.17) is 96.9 Å². The minimum atomic E-state index is -1.61. The molecule has 0 radical (unpaired) electrons. The van der Waals surface area contributed by atoms with Gasteiger partial charge in [-0.15, -0.1) is 0 Å². The van der Waals surface area contributed by atoms with Crippen LogP contribution in [0.25, 0.3) is 33.6 Å². The molecule has 0 saturated carbocycles. The molecule has 0 aliphatic heterocycles. The number of hydrogen-bond donors (Lipinski definition) is 0. The first-order chi connectivity index (χ1) is 65.1. The Hall–Kier alpha value is -9.79. The van der Waals surface area contributed by atoms with Crippen molar-refractivity contribution in [2.75, 3.05) is 38.0 Å². The SMILES string of the molecule is CN(C)c1ccncc1.CN(C)c1ccncc1.Cc1ccncc1.Cc1ccncc1.O=Cc1ccccn1.O=Cc1ccccn1.[CH3-].[CH3-].[CH3-].[CH3-].[CH3-].[Cl][Ru]([Cl])=[CH]c1ccccc1.[Cl][Ru]([Cl])=[CH]c1ccccc1.[Cl][Ru]([Cl])=[CH]c1ccccc1.[Cl][Ru]([Cl])=[CH]c1ccccc1.[Cl][Ru]([Cl])=[CH]c1ccccc1.c1cc(-c2ccncc2)ccn1.c1cc(-c2ccncc2)ccn1.c1ccc(-c2ccccn2)nc1. The van der Waals surface area contributed by atoms with Gasteiger partial charge in [0, 0.05) is 164 Å². The van der Waals surface area contributed by atoms with E-state index in [1.54, 1.807) is 160 Å². The van der Waals surface area contributed by atoms with E-state index in [0.29, 0.717) is 11.4 Å². The molecule has 139 heavy (non-hydrogen) atoms. The van der Waals surface area contributed by atoms with E-state index < -0.39 is 67.6 Å². The quantitative estimate of drug-likeness (QED) is 0.0636. The molecule has 16 nitrogen and oxygen atoms in total. The molecular weight excluding hydrogens is 2390 g/mol. The molecule has 0 aliphatic carbocycles. The molecule has 12 heterocycles. The van der Waals surface area contributed by atoms with Crippen molar-refractivity contribution in [1.29, 1.82) is 0 Å². The standard InChI is InChI=1S/3C10H8N2.2C7H10N2.5C7H6.2C6H5NO.2C6H7N.5CH3.10ClH.5Ru/c2*1-5-11-6-2-9(1)10-3-7-12-8-4-10;1-3-7-11-9(5-1)10-6-2-4-8-12-10;2*1-9(2)7-3-5-8-6-4-7;5*1-7-5-3-2-4-6-7;2*8-5-6-3-1-2-4-7-6;2*1-6-2-4-7-5-3-6;;;;;;;;;;;;;;;;;;;;/h3*1-8H;2*3-6H,1-2H3;5*1-6H;2*1-5H;2*2-5H,1H3;5*1H3;10*1H;;;;;/q;;;;;;;;;;;;;;5*-1;;;;;;;;;;;5*+2/p-10. The molecule has 742 valence electrons. The molecule has 0 atom stereocenters. The number of aromatic nitrogens is 12. The third-order valence-electron chi connectivity index (χ3n) is 15.6. The maximum Gasteiger partial charge on any atom is 0.0886 e. The largest absolute Gasteiger partial charge is 0.265 e. The number of aldehydes is 2. The Morgan fingerprint density at radius 1 is 0.209 bits per heavy atom. The van der Waals surface area contributed by atoms with Crippen molar-refractivity contribution in [1.82, 2.24) is 59.8 Å². The number of nitrogens with zero attached hydrogens (tertiary/aromatic N) is 14. The molecule has 17 aromatic rings. The van der Waals surface area contributed by atoms with E-state index in [1.807, 2.05) is 360 Å². The van der Waals surface area contributed by atoms with Crippen molar-refractivity contribution in [3.05, 3.63) is 533 Å². The van der Waals surface area contributed by atoms with Crippen LogP contribution in [0.15, 0.2) is 445 Å². The molecule has 0 amide bonds. The summed E-state index contributed by atoms with van der Waals surface area (Å²) < 4.78 is 9.62. The zero-order valence-electron chi connectivity index (χ0n) is 78.3. The van der Waals surface area contributed by atoms with Crippen molar-refractivity contribution in [3.63, 3.8) is 0 Å². The average Bonchev–Trinajstić information content (AvgIpc) is 0.888. The molecule has 12 aromatic heterocycles. The maximum absolute atomic E-state index is 9.94. The first-order valence-corrected chi connectivity index (χ1v) is 67.0. The summed E-state index contributed by atoms with van der Waals surface area (Å²) in [5, 5.41) is 0. The van der Waals surface area contributed by atoms with Gasteiger partial charge in [-0.2, -0.15) is 0 Å². The van der Waals surface area contributed by atoms with Crippen LogP contribution in [0.4, 0.5) is 11.4 Å². The Labute approximate surface area is 889 Å². The van der Waals surface area contributed by atoms with Crippen LogP contribution >= 0.6 is 96.9 Å². The van der Waals surface area contributed by atoms with Gasteiger partial charge in [0.05, 0.1) is 11.4 Å². The number of halogens is 10. The average molecular weight is 2500 g/mol. The summed E-state index contributed by atoms with van der Waals surface area (Å²) in [6.45, 7) is 4.09. The van der Waals surface area contributed by atoms with Gasteiger partial charge < -0.3 is 46.9 Å². The number of aryl methyl sites for hydroxylation is 2. The van der Waals surface area contributed by atoms with Gasteiger partial charge in [0.15, 0.2) is 12.6 Å². The first kappa shape index (κ1) is 131. The first-order valence-electron chi connectivity index (χ1n) is 39.6. The summed E-state index contributed by atoms with van der Waals surface area (Å²) in [5.41, 5.74) is 18.0. The van der Waals surface area contributed by atoms with Gasteiger partial charge in [-0.05, 0) is 193 Å². The van der Waals surface area contributed by atoms with Gasteiger partial charge >= 0.3 is 367 Å².